The molecule has 1 aliphatic heterocycles. The van der Waals surface area contributed by atoms with Crippen LogP contribution in [0.15, 0.2) is 0 Å². The minimum Gasteiger partial charge on any atom is -0.315 e. The minimum absolute atomic E-state index is 0.528. The van der Waals surface area contributed by atoms with Gasteiger partial charge in [-0.2, -0.15) is 0 Å². The number of hydrogen-bond donors (Lipinski definition) is 1. The van der Waals surface area contributed by atoms with Crippen LogP contribution in [0, 0.1) is 5.41 Å². The molecule has 122 valence electrons. The summed E-state index contributed by atoms with van der Waals surface area (Å²) in [7, 11) is 2.16. The monoisotopic (exact) mass is 293 g/mol. The molecule has 0 bridgehead atoms. The second-order valence-electron chi connectivity index (χ2n) is 8.38. The summed E-state index contributed by atoms with van der Waals surface area (Å²) in [6.07, 6.45) is 9.91. The molecule has 3 aliphatic rings. The maximum absolute atomic E-state index is 3.60. The molecule has 0 amide bonds. The molecule has 0 spiro atoms. The van der Waals surface area contributed by atoms with Gasteiger partial charge in [0.1, 0.15) is 0 Å². The first kappa shape index (κ1) is 15.8. The number of hydrogen-bond acceptors (Lipinski definition) is 3. The molecule has 2 unspecified atom stereocenters. The van der Waals surface area contributed by atoms with E-state index in [1.54, 1.807) is 0 Å². The van der Waals surface area contributed by atoms with Gasteiger partial charge in [-0.25, -0.2) is 0 Å². The first-order valence-corrected chi connectivity index (χ1v) is 9.24. The van der Waals surface area contributed by atoms with Crippen LogP contribution in [-0.4, -0.2) is 61.2 Å². The highest BCUT2D eigenvalue weighted by atomic mass is 15.3. The molecular formula is C18H35N3. The highest BCUT2D eigenvalue weighted by molar-refractivity contribution is 4.95. The van der Waals surface area contributed by atoms with Crippen molar-refractivity contribution in [1.82, 2.24) is 15.1 Å². The second-order valence-corrected chi connectivity index (χ2v) is 8.38. The predicted molar refractivity (Wildman–Crippen MR) is 89.7 cm³/mol. The highest BCUT2D eigenvalue weighted by Gasteiger charge is 2.38. The normalized spacial score (nSPS) is 36.1. The van der Waals surface area contributed by atoms with Gasteiger partial charge >= 0.3 is 0 Å². The van der Waals surface area contributed by atoms with Crippen molar-refractivity contribution in [2.75, 3.05) is 33.2 Å². The summed E-state index contributed by atoms with van der Waals surface area (Å²) in [6.45, 7) is 10.1. The fourth-order valence-electron chi connectivity index (χ4n) is 4.97. The van der Waals surface area contributed by atoms with E-state index in [0.29, 0.717) is 11.5 Å². The van der Waals surface area contributed by atoms with Gasteiger partial charge in [-0.1, -0.05) is 26.7 Å². The van der Waals surface area contributed by atoms with Gasteiger partial charge in [-0.3, -0.25) is 9.80 Å². The molecular weight excluding hydrogens is 258 g/mol. The Morgan fingerprint density at radius 1 is 0.905 bits per heavy atom. The molecule has 1 saturated heterocycles. The van der Waals surface area contributed by atoms with Crippen molar-refractivity contribution in [2.45, 2.75) is 76.9 Å². The highest BCUT2D eigenvalue weighted by Crippen LogP contribution is 2.38. The van der Waals surface area contributed by atoms with E-state index in [0.717, 1.165) is 12.1 Å². The average Bonchev–Trinajstić information content (AvgIpc) is 3.01. The van der Waals surface area contributed by atoms with Gasteiger partial charge in [0.2, 0.25) is 0 Å². The summed E-state index contributed by atoms with van der Waals surface area (Å²) >= 11 is 0. The molecule has 2 saturated carbocycles. The van der Waals surface area contributed by atoms with Crippen LogP contribution >= 0.6 is 0 Å². The standard InChI is InChI=1S/C18H35N3/c1-18(2)9-8-16(19-3)17(14-18)21-12-10-20(11-13-21)15-6-4-5-7-15/h15-17,19H,4-14H2,1-3H3. The van der Waals surface area contributed by atoms with Crippen molar-refractivity contribution >= 4 is 0 Å². The summed E-state index contributed by atoms with van der Waals surface area (Å²) in [5, 5.41) is 3.60. The van der Waals surface area contributed by atoms with Crippen LogP contribution in [0.2, 0.25) is 0 Å². The van der Waals surface area contributed by atoms with Crippen molar-refractivity contribution in [3.8, 4) is 0 Å². The molecule has 2 aliphatic carbocycles. The third-order valence-electron chi connectivity index (χ3n) is 6.39. The lowest BCUT2D eigenvalue weighted by molar-refractivity contribution is 0.0196. The number of nitrogens with zero attached hydrogens (tertiary/aromatic N) is 2. The zero-order chi connectivity index (χ0) is 14.9. The largest absolute Gasteiger partial charge is 0.315 e. The van der Waals surface area contributed by atoms with Gasteiger partial charge in [0.05, 0.1) is 0 Å². The third-order valence-corrected chi connectivity index (χ3v) is 6.39. The third kappa shape index (κ3) is 3.62. The van der Waals surface area contributed by atoms with E-state index in [-0.39, 0.29) is 0 Å². The SMILES string of the molecule is CNC1CCC(C)(C)CC1N1CCN(C2CCCC2)CC1. The fourth-order valence-corrected chi connectivity index (χ4v) is 4.97. The lowest BCUT2D eigenvalue weighted by Gasteiger charge is -2.49. The van der Waals surface area contributed by atoms with Crippen LogP contribution in [0.25, 0.3) is 0 Å². The van der Waals surface area contributed by atoms with Crippen LogP contribution in [-0.2, 0) is 0 Å². The van der Waals surface area contributed by atoms with E-state index < -0.39 is 0 Å². The fraction of sp³-hybridized carbons (Fsp3) is 1.00. The molecule has 3 nitrogen and oxygen atoms in total. The number of piperazine rings is 1. The Morgan fingerprint density at radius 3 is 2.14 bits per heavy atom. The number of rotatable bonds is 3. The Hall–Kier alpha value is -0.120. The van der Waals surface area contributed by atoms with Gasteiger partial charge in [-0.05, 0) is 44.6 Å². The Balaban J connectivity index is 1.56. The molecule has 21 heavy (non-hydrogen) atoms. The van der Waals surface area contributed by atoms with Crippen LogP contribution in [0.1, 0.15) is 58.8 Å². The van der Waals surface area contributed by atoms with E-state index in [1.807, 2.05) is 0 Å². The zero-order valence-corrected chi connectivity index (χ0v) is 14.4. The maximum Gasteiger partial charge on any atom is 0.0255 e. The van der Waals surface area contributed by atoms with E-state index in [9.17, 15) is 0 Å². The number of nitrogens with one attached hydrogen (secondary N) is 1. The minimum atomic E-state index is 0.528. The molecule has 0 aromatic rings. The second kappa shape index (κ2) is 6.55. The molecule has 3 fully saturated rings. The Kier molecular flexibility index (Phi) is 4.92. The summed E-state index contributed by atoms with van der Waals surface area (Å²) in [5.41, 5.74) is 0.528. The molecule has 2 atom stereocenters. The topological polar surface area (TPSA) is 18.5 Å². The van der Waals surface area contributed by atoms with Crippen molar-refractivity contribution in [3.05, 3.63) is 0 Å². The van der Waals surface area contributed by atoms with Crippen LogP contribution in [0.4, 0.5) is 0 Å². The summed E-state index contributed by atoms with van der Waals surface area (Å²) in [6, 6.07) is 2.37. The Labute approximate surface area is 131 Å². The van der Waals surface area contributed by atoms with Crippen molar-refractivity contribution in [2.24, 2.45) is 5.41 Å². The van der Waals surface area contributed by atoms with E-state index >= 15 is 0 Å². The molecule has 1 heterocycles. The molecule has 0 aromatic heterocycles. The Bertz CT molecular complexity index is 327. The van der Waals surface area contributed by atoms with E-state index in [1.165, 1.54) is 71.1 Å². The van der Waals surface area contributed by atoms with Gasteiger partial charge in [0, 0.05) is 44.3 Å². The summed E-state index contributed by atoms with van der Waals surface area (Å²) in [4.78, 5) is 5.58. The van der Waals surface area contributed by atoms with Crippen molar-refractivity contribution < 1.29 is 0 Å². The molecule has 3 rings (SSSR count). The molecule has 0 aromatic carbocycles. The quantitative estimate of drug-likeness (QED) is 0.863. The lowest BCUT2D eigenvalue weighted by Crippen LogP contribution is -2.59. The van der Waals surface area contributed by atoms with Gasteiger partial charge < -0.3 is 5.32 Å². The van der Waals surface area contributed by atoms with Crippen molar-refractivity contribution in [3.63, 3.8) is 0 Å². The van der Waals surface area contributed by atoms with Crippen molar-refractivity contribution in [1.29, 1.82) is 0 Å². The lowest BCUT2D eigenvalue weighted by atomic mass is 9.72. The van der Waals surface area contributed by atoms with E-state index in [2.05, 4.69) is 36.0 Å². The molecule has 3 heteroatoms. The Morgan fingerprint density at radius 2 is 1.52 bits per heavy atom. The summed E-state index contributed by atoms with van der Waals surface area (Å²) in [5.74, 6) is 0. The van der Waals surface area contributed by atoms with Gasteiger partial charge in [-0.15, -0.1) is 0 Å². The first-order chi connectivity index (χ1) is 10.1. The van der Waals surface area contributed by atoms with Crippen LogP contribution in [0.3, 0.4) is 0 Å². The van der Waals surface area contributed by atoms with Crippen LogP contribution in [0.5, 0.6) is 0 Å². The number of likely N-dealkylation sites (N-methyl/N-ethyl adjacent to an activating group) is 1. The smallest absolute Gasteiger partial charge is 0.0255 e. The predicted octanol–water partition coefficient (Wildman–Crippen LogP) is 2.71. The van der Waals surface area contributed by atoms with Crippen LogP contribution < -0.4 is 5.32 Å². The zero-order valence-electron chi connectivity index (χ0n) is 14.4. The van der Waals surface area contributed by atoms with Gasteiger partial charge in [0.25, 0.3) is 0 Å². The van der Waals surface area contributed by atoms with Gasteiger partial charge in [0.15, 0.2) is 0 Å². The maximum atomic E-state index is 3.60. The summed E-state index contributed by atoms with van der Waals surface area (Å²) < 4.78 is 0. The average molecular weight is 293 g/mol. The van der Waals surface area contributed by atoms with E-state index in [4.69, 9.17) is 0 Å². The molecule has 0 radical (unpaired) electrons. The first-order valence-electron chi connectivity index (χ1n) is 9.24. The molecule has 1 N–H and O–H groups in total.